The van der Waals surface area contributed by atoms with Gasteiger partial charge in [-0.2, -0.15) is 0 Å². The second kappa shape index (κ2) is 6.86. The van der Waals surface area contributed by atoms with E-state index in [9.17, 15) is 9.90 Å². The molecular weight excluding hydrogens is 234 g/mol. The van der Waals surface area contributed by atoms with Gasteiger partial charge in [0, 0.05) is 18.0 Å². The number of carbonyl (C=O) groups excluding carboxylic acids is 1. The normalized spacial score (nSPS) is 11.9. The largest absolute Gasteiger partial charge is 0.550 e. The Kier molecular flexibility index (Phi) is 5.45. The van der Waals surface area contributed by atoms with Crippen molar-refractivity contribution in [3.63, 3.8) is 0 Å². The molecule has 0 bridgehead atoms. The molecule has 1 rings (SSSR count). The molecule has 18 heavy (non-hydrogen) atoms. The van der Waals surface area contributed by atoms with Crippen molar-refractivity contribution in [2.24, 2.45) is 0 Å². The van der Waals surface area contributed by atoms with E-state index < -0.39 is 5.97 Å². The molecule has 5 nitrogen and oxygen atoms in total. The summed E-state index contributed by atoms with van der Waals surface area (Å²) in [4.78, 5) is 11.5. The van der Waals surface area contributed by atoms with Gasteiger partial charge in [-0.1, -0.05) is 0 Å². The minimum absolute atomic E-state index is 0.0686. The predicted molar refractivity (Wildman–Crippen MR) is 64.6 cm³/mol. The molecular formula is C13H19NO4. The average Bonchev–Trinajstić information content (AvgIpc) is 2.36. The maximum atomic E-state index is 10.4. The van der Waals surface area contributed by atoms with Crippen molar-refractivity contribution in [2.75, 3.05) is 27.8 Å². The number of carboxylic acid groups (broad SMARTS) is 1. The first-order chi connectivity index (χ1) is 8.56. The van der Waals surface area contributed by atoms with Crippen LogP contribution in [0.3, 0.4) is 0 Å². The third-order valence-corrected chi connectivity index (χ3v) is 2.71. The van der Waals surface area contributed by atoms with E-state index >= 15 is 0 Å². The molecule has 0 aliphatic rings. The van der Waals surface area contributed by atoms with Gasteiger partial charge in [-0.3, -0.25) is 0 Å². The van der Waals surface area contributed by atoms with Crippen LogP contribution in [0.15, 0.2) is 18.2 Å². The van der Waals surface area contributed by atoms with Crippen LogP contribution in [0.4, 0.5) is 0 Å². The van der Waals surface area contributed by atoms with Gasteiger partial charge < -0.3 is 24.3 Å². The Bertz CT molecular complexity index is 406. The van der Waals surface area contributed by atoms with Gasteiger partial charge in [0.15, 0.2) is 11.5 Å². The van der Waals surface area contributed by atoms with Crippen molar-refractivity contribution in [3.05, 3.63) is 23.8 Å². The van der Waals surface area contributed by atoms with Gasteiger partial charge in [0.25, 0.3) is 0 Å². The van der Waals surface area contributed by atoms with E-state index in [1.165, 1.54) is 0 Å². The summed E-state index contributed by atoms with van der Waals surface area (Å²) in [6.07, 6.45) is 0.0686. The number of hydrogen-bond acceptors (Lipinski definition) is 4. The van der Waals surface area contributed by atoms with Crippen LogP contribution in [0.25, 0.3) is 0 Å². The van der Waals surface area contributed by atoms with Crippen molar-refractivity contribution < 1.29 is 24.3 Å². The lowest BCUT2D eigenvalue weighted by Gasteiger charge is -2.15. The maximum Gasteiger partial charge on any atom is 0.161 e. The van der Waals surface area contributed by atoms with Crippen LogP contribution in [0, 0.1) is 0 Å². The number of methoxy groups -OCH3 is 2. The summed E-state index contributed by atoms with van der Waals surface area (Å²) in [5, 5.41) is 10.4. The highest BCUT2D eigenvalue weighted by Crippen LogP contribution is 2.27. The van der Waals surface area contributed by atoms with Gasteiger partial charge in [-0.25, -0.2) is 0 Å². The topological polar surface area (TPSA) is 63.0 Å². The van der Waals surface area contributed by atoms with Gasteiger partial charge in [-0.15, -0.1) is 0 Å². The Hall–Kier alpha value is -1.75. The van der Waals surface area contributed by atoms with Crippen LogP contribution < -0.4 is 19.5 Å². The predicted octanol–water partition coefficient (Wildman–Crippen LogP) is -1.14. The number of ether oxygens (including phenoxy) is 2. The fraction of sp³-hybridized carbons (Fsp3) is 0.462. The highest BCUT2D eigenvalue weighted by molar-refractivity contribution is 5.64. The SMILES string of the molecule is COc1ccc(C[NH+](C)CCC(=O)[O-])cc1OC. The van der Waals surface area contributed by atoms with E-state index in [1.807, 2.05) is 25.2 Å². The van der Waals surface area contributed by atoms with Crippen LogP contribution in [0.5, 0.6) is 11.5 Å². The zero-order valence-electron chi connectivity index (χ0n) is 11.0. The minimum atomic E-state index is -1.01. The molecule has 1 atom stereocenters. The molecule has 1 N–H and O–H groups in total. The number of nitrogens with one attached hydrogen (secondary N) is 1. The quantitative estimate of drug-likeness (QED) is 0.667. The molecule has 1 aromatic rings. The smallest absolute Gasteiger partial charge is 0.161 e. The van der Waals surface area contributed by atoms with Crippen molar-refractivity contribution in [1.29, 1.82) is 0 Å². The standard InChI is InChI=1S/C13H19NO4/c1-14(7-6-13(15)16)9-10-4-5-11(17-2)12(8-10)18-3/h4-5,8H,6-7,9H2,1-3H3,(H,15,16). The van der Waals surface area contributed by atoms with Crippen LogP contribution in [-0.2, 0) is 11.3 Å². The third kappa shape index (κ3) is 4.25. The molecule has 0 aromatic heterocycles. The molecule has 0 heterocycles. The summed E-state index contributed by atoms with van der Waals surface area (Å²) in [5.74, 6) is 0.359. The zero-order valence-corrected chi connectivity index (χ0v) is 11.0. The number of benzene rings is 1. The van der Waals surface area contributed by atoms with Gasteiger partial charge >= 0.3 is 0 Å². The fourth-order valence-electron chi connectivity index (χ4n) is 1.74. The van der Waals surface area contributed by atoms with Crippen LogP contribution >= 0.6 is 0 Å². The first kappa shape index (κ1) is 14.3. The van der Waals surface area contributed by atoms with Gasteiger partial charge in [-0.05, 0) is 18.2 Å². The van der Waals surface area contributed by atoms with Crippen molar-refractivity contribution in [2.45, 2.75) is 13.0 Å². The van der Waals surface area contributed by atoms with E-state index in [0.717, 1.165) is 17.0 Å². The second-order valence-electron chi connectivity index (χ2n) is 4.20. The molecule has 0 spiro atoms. The van der Waals surface area contributed by atoms with E-state index in [-0.39, 0.29) is 6.42 Å². The number of quaternary nitrogens is 1. The molecule has 0 radical (unpaired) electrons. The van der Waals surface area contributed by atoms with Crippen LogP contribution in [-0.4, -0.2) is 33.8 Å². The van der Waals surface area contributed by atoms with E-state index in [0.29, 0.717) is 18.0 Å². The monoisotopic (exact) mass is 253 g/mol. The molecule has 0 fully saturated rings. The third-order valence-electron chi connectivity index (χ3n) is 2.71. The van der Waals surface area contributed by atoms with Crippen molar-refractivity contribution in [1.82, 2.24) is 0 Å². The van der Waals surface area contributed by atoms with Crippen molar-refractivity contribution in [3.8, 4) is 11.5 Å². The number of carboxylic acids is 1. The molecule has 1 aromatic carbocycles. The molecule has 0 saturated carbocycles. The Labute approximate surface area is 107 Å². The van der Waals surface area contributed by atoms with E-state index in [2.05, 4.69) is 0 Å². The molecule has 0 aliphatic carbocycles. The first-order valence-corrected chi connectivity index (χ1v) is 5.79. The lowest BCUT2D eigenvalue weighted by atomic mass is 10.2. The average molecular weight is 253 g/mol. The number of aliphatic carboxylic acids is 1. The molecule has 1 unspecified atom stereocenters. The summed E-state index contributed by atoms with van der Waals surface area (Å²) >= 11 is 0. The summed E-state index contributed by atoms with van der Waals surface area (Å²) in [6.45, 7) is 1.27. The lowest BCUT2D eigenvalue weighted by molar-refractivity contribution is -0.893. The Morgan fingerprint density at radius 1 is 1.28 bits per heavy atom. The number of rotatable bonds is 7. The van der Waals surface area contributed by atoms with E-state index in [1.54, 1.807) is 14.2 Å². The summed E-state index contributed by atoms with van der Waals surface area (Å²) in [7, 11) is 5.13. The lowest BCUT2D eigenvalue weighted by Crippen LogP contribution is -3.07. The highest BCUT2D eigenvalue weighted by Gasteiger charge is 2.08. The van der Waals surface area contributed by atoms with Crippen molar-refractivity contribution >= 4 is 5.97 Å². The van der Waals surface area contributed by atoms with Gasteiger partial charge in [0.2, 0.25) is 0 Å². The Morgan fingerprint density at radius 2 is 1.94 bits per heavy atom. The van der Waals surface area contributed by atoms with Crippen LogP contribution in [0.1, 0.15) is 12.0 Å². The fourth-order valence-corrected chi connectivity index (χ4v) is 1.74. The molecule has 0 amide bonds. The van der Waals surface area contributed by atoms with Crippen LogP contribution in [0.2, 0.25) is 0 Å². The van der Waals surface area contributed by atoms with Gasteiger partial charge in [0.1, 0.15) is 6.54 Å². The Morgan fingerprint density at radius 3 is 2.50 bits per heavy atom. The maximum absolute atomic E-state index is 10.4. The minimum Gasteiger partial charge on any atom is -0.550 e. The summed E-state index contributed by atoms with van der Waals surface area (Å²) in [6, 6.07) is 5.70. The summed E-state index contributed by atoms with van der Waals surface area (Å²) < 4.78 is 10.4. The first-order valence-electron chi connectivity index (χ1n) is 5.79. The number of hydrogen-bond donors (Lipinski definition) is 1. The molecule has 0 aliphatic heterocycles. The Balaban J connectivity index is 2.64. The van der Waals surface area contributed by atoms with Gasteiger partial charge in [0.05, 0.1) is 27.8 Å². The van der Waals surface area contributed by atoms with E-state index in [4.69, 9.17) is 9.47 Å². The summed E-state index contributed by atoms with van der Waals surface area (Å²) in [5.41, 5.74) is 1.07. The zero-order chi connectivity index (χ0) is 13.5. The highest BCUT2D eigenvalue weighted by atomic mass is 16.5. The number of carbonyl (C=O) groups is 1. The molecule has 100 valence electrons. The molecule has 5 heteroatoms. The second-order valence-corrected chi connectivity index (χ2v) is 4.20. The molecule has 0 saturated heterocycles.